The molecule has 0 bridgehead atoms. The van der Waals surface area contributed by atoms with Gasteiger partial charge in [-0.05, 0) is 32.0 Å². The van der Waals surface area contributed by atoms with Gasteiger partial charge in [-0.2, -0.15) is 0 Å². The van der Waals surface area contributed by atoms with Crippen molar-refractivity contribution in [1.82, 2.24) is 0 Å². The molecule has 0 saturated carbocycles. The number of hydrogen-bond acceptors (Lipinski definition) is 4. The fourth-order valence-electron chi connectivity index (χ4n) is 1.20. The van der Waals surface area contributed by atoms with E-state index >= 15 is 0 Å². The third-order valence-electron chi connectivity index (χ3n) is 2.40. The minimum atomic E-state index is -1.04. The van der Waals surface area contributed by atoms with Gasteiger partial charge in [0.25, 0.3) is 0 Å². The molecule has 17 heavy (non-hydrogen) atoms. The summed E-state index contributed by atoms with van der Waals surface area (Å²) < 4.78 is 10.5. The number of carboxylic acid groups (broad SMARTS) is 1. The van der Waals surface area contributed by atoms with Gasteiger partial charge in [-0.25, -0.2) is 4.79 Å². The summed E-state index contributed by atoms with van der Waals surface area (Å²) in [5.41, 5.74) is 0.110. The predicted octanol–water partition coefficient (Wildman–Crippen LogP) is 1.54. The lowest BCUT2D eigenvalue weighted by Gasteiger charge is -2.19. The molecular weight excluding hydrogens is 224 g/mol. The monoisotopic (exact) mass is 240 g/mol. The van der Waals surface area contributed by atoms with E-state index in [1.54, 1.807) is 13.8 Å². The minimum Gasteiger partial charge on any atom is -0.493 e. The van der Waals surface area contributed by atoms with Crippen molar-refractivity contribution in [2.75, 3.05) is 7.11 Å². The van der Waals surface area contributed by atoms with Crippen molar-refractivity contribution in [2.45, 2.75) is 26.1 Å². The number of aliphatic hydroxyl groups is 1. The fraction of sp³-hybridized carbons (Fsp3) is 0.417. The van der Waals surface area contributed by atoms with Crippen molar-refractivity contribution >= 4 is 5.97 Å². The Hall–Kier alpha value is -1.75. The van der Waals surface area contributed by atoms with Gasteiger partial charge in [0.2, 0.25) is 0 Å². The van der Waals surface area contributed by atoms with E-state index in [1.165, 1.54) is 25.3 Å². The first-order valence-electron chi connectivity index (χ1n) is 5.21. The molecule has 5 nitrogen and oxygen atoms in total. The molecule has 0 aliphatic rings. The van der Waals surface area contributed by atoms with E-state index in [0.717, 1.165) is 0 Å². The van der Waals surface area contributed by atoms with Crippen LogP contribution in [-0.4, -0.2) is 35.5 Å². The van der Waals surface area contributed by atoms with Gasteiger partial charge in [-0.15, -0.1) is 0 Å². The van der Waals surface area contributed by atoms with Crippen molar-refractivity contribution in [3.05, 3.63) is 23.8 Å². The normalized spacial score (nSPS) is 13.9. The summed E-state index contributed by atoms with van der Waals surface area (Å²) in [6.07, 6.45) is -1.11. The summed E-state index contributed by atoms with van der Waals surface area (Å²) in [6, 6.07) is 4.33. The quantitative estimate of drug-likeness (QED) is 0.816. The maximum atomic E-state index is 10.8. The largest absolute Gasteiger partial charge is 0.493 e. The summed E-state index contributed by atoms with van der Waals surface area (Å²) in [5, 5.41) is 18.2. The molecule has 94 valence electrons. The Morgan fingerprint density at radius 1 is 1.29 bits per heavy atom. The number of aliphatic hydroxyl groups excluding tert-OH is 1. The topological polar surface area (TPSA) is 76.0 Å². The molecule has 2 N–H and O–H groups in total. The molecule has 0 amide bonds. The number of methoxy groups -OCH3 is 1. The van der Waals surface area contributed by atoms with Crippen LogP contribution in [0.4, 0.5) is 0 Å². The van der Waals surface area contributed by atoms with Crippen molar-refractivity contribution in [1.29, 1.82) is 0 Å². The Labute approximate surface area is 99.6 Å². The zero-order valence-electron chi connectivity index (χ0n) is 10.0. The van der Waals surface area contributed by atoms with Crippen LogP contribution in [0.2, 0.25) is 0 Å². The highest BCUT2D eigenvalue weighted by Crippen LogP contribution is 2.29. The average molecular weight is 240 g/mol. The number of hydrogen-bond donors (Lipinski definition) is 2. The second kappa shape index (κ2) is 5.54. The third-order valence-corrected chi connectivity index (χ3v) is 2.40. The Morgan fingerprint density at radius 3 is 2.41 bits per heavy atom. The SMILES string of the molecule is COc1ccc(C(=O)O)cc1OC(C)C(C)O. The zero-order chi connectivity index (χ0) is 13.0. The van der Waals surface area contributed by atoms with Crippen LogP contribution >= 0.6 is 0 Å². The molecule has 0 aromatic heterocycles. The van der Waals surface area contributed by atoms with E-state index in [-0.39, 0.29) is 5.56 Å². The van der Waals surface area contributed by atoms with Crippen LogP contribution in [0.15, 0.2) is 18.2 Å². The molecule has 0 saturated heterocycles. The second-order valence-corrected chi connectivity index (χ2v) is 3.73. The highest BCUT2D eigenvalue weighted by atomic mass is 16.5. The lowest BCUT2D eigenvalue weighted by Crippen LogP contribution is -2.25. The number of ether oxygens (including phenoxy) is 2. The first-order valence-corrected chi connectivity index (χ1v) is 5.21. The molecule has 0 fully saturated rings. The smallest absolute Gasteiger partial charge is 0.335 e. The predicted molar refractivity (Wildman–Crippen MR) is 61.7 cm³/mol. The molecule has 2 atom stereocenters. The second-order valence-electron chi connectivity index (χ2n) is 3.73. The van der Waals surface area contributed by atoms with Gasteiger partial charge in [0, 0.05) is 0 Å². The standard InChI is InChI=1S/C12H16O5/c1-7(13)8(2)17-11-6-9(12(14)15)4-5-10(11)16-3/h4-8,13H,1-3H3,(H,14,15). The van der Waals surface area contributed by atoms with Gasteiger partial charge in [0.1, 0.15) is 6.10 Å². The van der Waals surface area contributed by atoms with Crippen molar-refractivity contribution in [2.24, 2.45) is 0 Å². The number of benzene rings is 1. The number of carbonyl (C=O) groups is 1. The van der Waals surface area contributed by atoms with Crippen molar-refractivity contribution in [3.8, 4) is 11.5 Å². The lowest BCUT2D eigenvalue weighted by molar-refractivity contribution is 0.0583. The molecule has 1 aromatic rings. The Balaban J connectivity index is 3.02. The summed E-state index contributed by atoms with van der Waals surface area (Å²) >= 11 is 0. The number of carboxylic acids is 1. The van der Waals surface area contributed by atoms with Gasteiger partial charge >= 0.3 is 5.97 Å². The van der Waals surface area contributed by atoms with Crippen LogP contribution in [0.5, 0.6) is 11.5 Å². The molecule has 0 radical (unpaired) electrons. The average Bonchev–Trinajstić information content (AvgIpc) is 2.28. The summed E-state index contributed by atoms with van der Waals surface area (Å²) in [6.45, 7) is 3.29. The van der Waals surface area contributed by atoms with Gasteiger partial charge in [-0.3, -0.25) is 0 Å². The van der Waals surface area contributed by atoms with E-state index < -0.39 is 18.2 Å². The van der Waals surface area contributed by atoms with Crippen LogP contribution in [0.3, 0.4) is 0 Å². The van der Waals surface area contributed by atoms with E-state index in [1.807, 2.05) is 0 Å². The van der Waals surface area contributed by atoms with Crippen molar-refractivity contribution < 1.29 is 24.5 Å². The van der Waals surface area contributed by atoms with Crippen LogP contribution in [0.25, 0.3) is 0 Å². The minimum absolute atomic E-state index is 0.110. The van der Waals surface area contributed by atoms with E-state index in [4.69, 9.17) is 14.6 Å². The molecule has 1 rings (SSSR count). The molecular formula is C12H16O5. The maximum absolute atomic E-state index is 10.8. The van der Waals surface area contributed by atoms with Crippen molar-refractivity contribution in [3.63, 3.8) is 0 Å². The molecule has 0 aliphatic carbocycles. The Morgan fingerprint density at radius 2 is 1.94 bits per heavy atom. The van der Waals surface area contributed by atoms with Gasteiger partial charge in [-0.1, -0.05) is 0 Å². The third kappa shape index (κ3) is 3.35. The first kappa shape index (κ1) is 13.3. The van der Waals surface area contributed by atoms with Crippen LogP contribution in [0.1, 0.15) is 24.2 Å². The number of aromatic carboxylic acids is 1. The first-order chi connectivity index (χ1) is 7.95. The van der Waals surface area contributed by atoms with E-state index in [9.17, 15) is 9.90 Å². The van der Waals surface area contributed by atoms with Gasteiger partial charge < -0.3 is 19.7 Å². The summed E-state index contributed by atoms with van der Waals surface area (Å²) in [7, 11) is 1.47. The summed E-state index contributed by atoms with van der Waals surface area (Å²) in [4.78, 5) is 10.8. The van der Waals surface area contributed by atoms with Crippen LogP contribution < -0.4 is 9.47 Å². The van der Waals surface area contributed by atoms with Crippen LogP contribution in [-0.2, 0) is 0 Å². The van der Waals surface area contributed by atoms with Gasteiger partial charge in [0.15, 0.2) is 11.5 Å². The molecule has 0 aliphatic heterocycles. The number of rotatable bonds is 5. The molecule has 0 spiro atoms. The highest BCUT2D eigenvalue weighted by molar-refractivity contribution is 5.88. The summed E-state index contributed by atoms with van der Waals surface area (Å²) in [5.74, 6) is -0.300. The Bertz CT molecular complexity index is 400. The Kier molecular flexibility index (Phi) is 4.34. The molecule has 1 aromatic carbocycles. The zero-order valence-corrected chi connectivity index (χ0v) is 10.0. The lowest BCUT2D eigenvalue weighted by atomic mass is 10.2. The molecule has 5 heteroatoms. The van der Waals surface area contributed by atoms with E-state index in [2.05, 4.69) is 0 Å². The fourth-order valence-corrected chi connectivity index (χ4v) is 1.20. The maximum Gasteiger partial charge on any atom is 0.335 e. The molecule has 0 heterocycles. The van der Waals surface area contributed by atoms with Crippen LogP contribution in [0, 0.1) is 0 Å². The van der Waals surface area contributed by atoms with E-state index in [0.29, 0.717) is 11.5 Å². The molecule has 2 unspecified atom stereocenters. The van der Waals surface area contributed by atoms with Gasteiger partial charge in [0.05, 0.1) is 18.8 Å². The highest BCUT2D eigenvalue weighted by Gasteiger charge is 2.15.